The van der Waals surface area contributed by atoms with Gasteiger partial charge in [0.15, 0.2) is 11.5 Å². The van der Waals surface area contributed by atoms with Crippen molar-refractivity contribution in [3.8, 4) is 11.5 Å². The zero-order valence-electron chi connectivity index (χ0n) is 16.9. The Kier molecular flexibility index (Phi) is 7.19. The molecule has 0 unspecified atom stereocenters. The predicted molar refractivity (Wildman–Crippen MR) is 115 cm³/mol. The maximum absolute atomic E-state index is 12.3. The number of rotatable bonds is 8. The Balaban J connectivity index is 1.51. The van der Waals surface area contributed by atoms with E-state index in [0.29, 0.717) is 29.5 Å². The van der Waals surface area contributed by atoms with E-state index in [0.717, 1.165) is 16.8 Å². The minimum Gasteiger partial charge on any atom is -0.493 e. The molecule has 1 aliphatic heterocycles. The lowest BCUT2D eigenvalue weighted by atomic mass is 10.1. The largest absolute Gasteiger partial charge is 0.493 e. The highest BCUT2D eigenvalue weighted by Gasteiger charge is 2.22. The Bertz CT molecular complexity index is 944. The standard InChI is InChI=1S/C22H24ClN3O4/c1-29-19-9-3-15(13-20(19)30-2)11-12-24-21(27)14-26-22(28)10-8-18(25-26)16-4-6-17(23)7-5-16/h3-9,13,25H,10-12,14H2,1-2H3,(H,24,27). The van der Waals surface area contributed by atoms with Crippen LogP contribution in [0.2, 0.25) is 5.02 Å². The summed E-state index contributed by atoms with van der Waals surface area (Å²) < 4.78 is 10.5. The van der Waals surface area contributed by atoms with E-state index in [2.05, 4.69) is 10.7 Å². The number of ether oxygens (including phenoxy) is 2. The van der Waals surface area contributed by atoms with Crippen LogP contribution in [0.5, 0.6) is 11.5 Å². The SMILES string of the molecule is COc1ccc(CCNC(=O)CN2NC(c3ccc(Cl)cc3)=CCC2=O)cc1OC. The highest BCUT2D eigenvalue weighted by Crippen LogP contribution is 2.27. The second-order valence-corrected chi connectivity index (χ2v) is 7.15. The third-order valence-electron chi connectivity index (χ3n) is 4.68. The summed E-state index contributed by atoms with van der Waals surface area (Å²) in [6, 6.07) is 12.9. The number of carbonyl (C=O) groups is 2. The quantitative estimate of drug-likeness (QED) is 0.674. The summed E-state index contributed by atoms with van der Waals surface area (Å²) >= 11 is 5.93. The molecule has 0 aromatic heterocycles. The van der Waals surface area contributed by atoms with E-state index in [9.17, 15) is 9.59 Å². The third-order valence-corrected chi connectivity index (χ3v) is 4.93. The lowest BCUT2D eigenvalue weighted by Gasteiger charge is -2.28. The fraction of sp³-hybridized carbons (Fsp3) is 0.273. The summed E-state index contributed by atoms with van der Waals surface area (Å²) in [5, 5.41) is 4.81. The Morgan fingerprint density at radius 3 is 2.57 bits per heavy atom. The number of hydrogen-bond acceptors (Lipinski definition) is 5. The number of methoxy groups -OCH3 is 2. The van der Waals surface area contributed by atoms with Gasteiger partial charge in [0, 0.05) is 18.0 Å². The molecule has 7 nitrogen and oxygen atoms in total. The van der Waals surface area contributed by atoms with Gasteiger partial charge in [0.1, 0.15) is 6.54 Å². The number of hydrogen-bond donors (Lipinski definition) is 2. The Morgan fingerprint density at radius 1 is 1.13 bits per heavy atom. The molecule has 0 atom stereocenters. The first kappa shape index (κ1) is 21.5. The molecule has 0 bridgehead atoms. The fourth-order valence-corrected chi connectivity index (χ4v) is 3.20. The molecular formula is C22H24ClN3O4. The van der Waals surface area contributed by atoms with E-state index in [4.69, 9.17) is 21.1 Å². The van der Waals surface area contributed by atoms with Crippen molar-refractivity contribution in [2.24, 2.45) is 0 Å². The number of hydrazine groups is 1. The van der Waals surface area contributed by atoms with Gasteiger partial charge in [0.25, 0.3) is 0 Å². The van der Waals surface area contributed by atoms with E-state index >= 15 is 0 Å². The first-order valence-electron chi connectivity index (χ1n) is 9.51. The van der Waals surface area contributed by atoms with Gasteiger partial charge in [-0.25, -0.2) is 5.01 Å². The van der Waals surface area contributed by atoms with Crippen LogP contribution in [-0.4, -0.2) is 44.1 Å². The van der Waals surface area contributed by atoms with Crippen LogP contribution in [0, 0.1) is 0 Å². The van der Waals surface area contributed by atoms with Gasteiger partial charge < -0.3 is 14.8 Å². The molecule has 2 aromatic carbocycles. The van der Waals surface area contributed by atoms with Gasteiger partial charge >= 0.3 is 0 Å². The average Bonchev–Trinajstić information content (AvgIpc) is 2.75. The molecule has 8 heteroatoms. The summed E-state index contributed by atoms with van der Waals surface area (Å²) in [4.78, 5) is 24.5. The fourth-order valence-electron chi connectivity index (χ4n) is 3.07. The van der Waals surface area contributed by atoms with Crippen LogP contribution in [0.4, 0.5) is 0 Å². The summed E-state index contributed by atoms with van der Waals surface area (Å²) in [6.45, 7) is 0.367. The maximum atomic E-state index is 12.3. The van der Waals surface area contributed by atoms with Gasteiger partial charge in [-0.05, 0) is 47.9 Å². The lowest BCUT2D eigenvalue weighted by molar-refractivity contribution is -0.137. The van der Waals surface area contributed by atoms with Gasteiger partial charge in [-0.3, -0.25) is 15.0 Å². The van der Waals surface area contributed by atoms with Crippen LogP contribution in [0.15, 0.2) is 48.5 Å². The second-order valence-electron chi connectivity index (χ2n) is 6.71. The van der Waals surface area contributed by atoms with E-state index in [1.54, 1.807) is 32.4 Å². The number of benzene rings is 2. The molecule has 0 radical (unpaired) electrons. The molecule has 0 aliphatic carbocycles. The number of carbonyl (C=O) groups excluding carboxylic acids is 2. The van der Waals surface area contributed by atoms with Crippen molar-refractivity contribution in [2.45, 2.75) is 12.8 Å². The van der Waals surface area contributed by atoms with Crippen LogP contribution in [0.3, 0.4) is 0 Å². The molecule has 0 saturated carbocycles. The van der Waals surface area contributed by atoms with Gasteiger partial charge in [-0.1, -0.05) is 29.8 Å². The minimum absolute atomic E-state index is 0.0737. The van der Waals surface area contributed by atoms with Crippen LogP contribution < -0.4 is 20.2 Å². The first-order chi connectivity index (χ1) is 14.5. The van der Waals surface area contributed by atoms with Gasteiger partial charge in [0.2, 0.25) is 11.8 Å². The first-order valence-corrected chi connectivity index (χ1v) is 9.88. The number of nitrogens with zero attached hydrogens (tertiary/aromatic N) is 1. The number of nitrogens with one attached hydrogen (secondary N) is 2. The van der Waals surface area contributed by atoms with Crippen molar-refractivity contribution in [1.82, 2.24) is 15.8 Å². The van der Waals surface area contributed by atoms with Crippen molar-refractivity contribution in [1.29, 1.82) is 0 Å². The van der Waals surface area contributed by atoms with Gasteiger partial charge in [-0.15, -0.1) is 0 Å². The molecule has 2 aromatic rings. The lowest BCUT2D eigenvalue weighted by Crippen LogP contribution is -2.49. The zero-order chi connectivity index (χ0) is 21.5. The maximum Gasteiger partial charge on any atom is 0.245 e. The van der Waals surface area contributed by atoms with Crippen LogP contribution in [0.1, 0.15) is 17.5 Å². The van der Waals surface area contributed by atoms with Crippen molar-refractivity contribution >= 4 is 29.1 Å². The molecule has 158 valence electrons. The third kappa shape index (κ3) is 5.45. The Labute approximate surface area is 180 Å². The monoisotopic (exact) mass is 429 g/mol. The number of halogens is 1. The summed E-state index contributed by atoms with van der Waals surface area (Å²) in [5.74, 6) is 0.895. The highest BCUT2D eigenvalue weighted by atomic mass is 35.5. The topological polar surface area (TPSA) is 79.9 Å². The molecule has 0 fully saturated rings. The van der Waals surface area contributed by atoms with E-state index in [1.807, 2.05) is 30.3 Å². The highest BCUT2D eigenvalue weighted by molar-refractivity contribution is 6.30. The van der Waals surface area contributed by atoms with Crippen LogP contribution in [-0.2, 0) is 16.0 Å². The summed E-state index contributed by atoms with van der Waals surface area (Å²) in [7, 11) is 3.17. The van der Waals surface area contributed by atoms with Crippen molar-refractivity contribution < 1.29 is 19.1 Å². The molecule has 2 amide bonds. The second kappa shape index (κ2) is 10.0. The Morgan fingerprint density at radius 2 is 1.87 bits per heavy atom. The molecule has 30 heavy (non-hydrogen) atoms. The van der Waals surface area contributed by atoms with Gasteiger partial charge in [-0.2, -0.15) is 0 Å². The zero-order valence-corrected chi connectivity index (χ0v) is 17.7. The average molecular weight is 430 g/mol. The molecule has 0 spiro atoms. The Hall–Kier alpha value is -3.19. The van der Waals surface area contributed by atoms with E-state index < -0.39 is 0 Å². The normalized spacial score (nSPS) is 13.4. The summed E-state index contributed by atoms with van der Waals surface area (Å²) in [5.41, 5.74) is 5.69. The van der Waals surface area contributed by atoms with Crippen molar-refractivity contribution in [2.75, 3.05) is 27.3 Å². The van der Waals surface area contributed by atoms with Crippen molar-refractivity contribution in [3.63, 3.8) is 0 Å². The summed E-state index contributed by atoms with van der Waals surface area (Å²) in [6.07, 6.45) is 2.66. The van der Waals surface area contributed by atoms with E-state index in [-0.39, 0.29) is 24.8 Å². The molecule has 0 saturated heterocycles. The van der Waals surface area contributed by atoms with E-state index in [1.165, 1.54) is 5.01 Å². The molecule has 1 aliphatic rings. The smallest absolute Gasteiger partial charge is 0.245 e. The molecule has 3 rings (SSSR count). The minimum atomic E-state index is -0.242. The van der Waals surface area contributed by atoms with Crippen LogP contribution in [0.25, 0.3) is 5.70 Å². The molecule has 2 N–H and O–H groups in total. The molecular weight excluding hydrogens is 406 g/mol. The van der Waals surface area contributed by atoms with Crippen molar-refractivity contribution in [3.05, 3.63) is 64.7 Å². The molecule has 1 heterocycles. The van der Waals surface area contributed by atoms with Gasteiger partial charge in [0.05, 0.1) is 19.9 Å². The van der Waals surface area contributed by atoms with Crippen LogP contribution >= 0.6 is 11.6 Å². The predicted octanol–water partition coefficient (Wildman–Crippen LogP) is 2.79. The number of amides is 2.